The summed E-state index contributed by atoms with van der Waals surface area (Å²) in [4.78, 5) is 12.2. The molecule has 166 valence electrons. The Balaban J connectivity index is 1.47. The van der Waals surface area contributed by atoms with Gasteiger partial charge in [0.1, 0.15) is 5.76 Å². The molecule has 2 aromatic carbocycles. The molecule has 7 nitrogen and oxygen atoms in total. The van der Waals surface area contributed by atoms with Gasteiger partial charge in [0.15, 0.2) is 11.0 Å². The topological polar surface area (TPSA) is 85.3 Å². The van der Waals surface area contributed by atoms with Crippen LogP contribution < -0.4 is 5.43 Å². The Hall–Kier alpha value is -3.33. The zero-order valence-corrected chi connectivity index (χ0v) is 19.4. The number of aromatic nitrogens is 3. The van der Waals surface area contributed by atoms with Gasteiger partial charge in [0.25, 0.3) is 5.91 Å². The maximum Gasteiger partial charge on any atom is 0.250 e. The number of allylic oxidation sites excluding steroid dienone is 1. The fourth-order valence-corrected chi connectivity index (χ4v) is 3.81. The lowest BCUT2D eigenvalue weighted by Crippen LogP contribution is -2.19. The van der Waals surface area contributed by atoms with E-state index < -0.39 is 0 Å². The Labute approximate surface area is 204 Å². The molecule has 0 unspecified atom stereocenters. The largest absolute Gasteiger partial charge is 0.465 e. The van der Waals surface area contributed by atoms with Crippen LogP contribution in [0.5, 0.6) is 0 Å². The fraction of sp³-hybridized carbons (Fsp3) is 0.0435. The Kier molecular flexibility index (Phi) is 7.62. The molecule has 0 spiro atoms. The number of halogens is 2. The maximum absolute atomic E-state index is 12.2. The average molecular weight is 498 g/mol. The van der Waals surface area contributed by atoms with Gasteiger partial charge in [-0.25, -0.2) is 5.43 Å². The van der Waals surface area contributed by atoms with E-state index in [1.165, 1.54) is 18.0 Å². The van der Waals surface area contributed by atoms with E-state index in [2.05, 4.69) is 20.7 Å². The molecule has 10 heteroatoms. The molecule has 1 N–H and O–H groups in total. The first kappa shape index (κ1) is 22.8. The molecule has 0 bridgehead atoms. The number of hydrazone groups is 1. The normalized spacial score (nSPS) is 11.5. The van der Waals surface area contributed by atoms with Gasteiger partial charge < -0.3 is 4.42 Å². The number of rotatable bonds is 8. The molecule has 2 heterocycles. The van der Waals surface area contributed by atoms with Crippen molar-refractivity contribution in [2.24, 2.45) is 5.10 Å². The van der Waals surface area contributed by atoms with Gasteiger partial charge in [-0.3, -0.25) is 9.36 Å². The molecule has 0 aliphatic rings. The number of hydrogen-bond donors (Lipinski definition) is 1. The summed E-state index contributed by atoms with van der Waals surface area (Å²) >= 11 is 13.3. The molecular weight excluding hydrogens is 481 g/mol. The molecule has 0 radical (unpaired) electrons. The summed E-state index contributed by atoms with van der Waals surface area (Å²) in [7, 11) is 0. The van der Waals surface area contributed by atoms with Crippen LogP contribution in [0.15, 0.2) is 87.7 Å². The number of nitrogens with one attached hydrogen (secondary N) is 1. The highest BCUT2D eigenvalue weighted by molar-refractivity contribution is 7.99. The third-order valence-electron chi connectivity index (χ3n) is 4.31. The van der Waals surface area contributed by atoms with Crippen LogP contribution in [-0.4, -0.2) is 32.6 Å². The van der Waals surface area contributed by atoms with Gasteiger partial charge in [-0.2, -0.15) is 5.10 Å². The summed E-state index contributed by atoms with van der Waals surface area (Å²) in [6, 6.07) is 18.2. The summed E-state index contributed by atoms with van der Waals surface area (Å²) in [5.41, 5.74) is 4.14. The van der Waals surface area contributed by atoms with Gasteiger partial charge in [-0.15, -0.1) is 10.2 Å². The van der Waals surface area contributed by atoms with E-state index in [4.69, 9.17) is 27.6 Å². The second-order valence-corrected chi connectivity index (χ2v) is 8.42. The van der Waals surface area contributed by atoms with E-state index in [0.29, 0.717) is 26.8 Å². The predicted octanol–water partition coefficient (Wildman–Crippen LogP) is 5.74. The quantitative estimate of drug-likeness (QED) is 0.190. The lowest BCUT2D eigenvalue weighted by Gasteiger charge is -2.10. The lowest BCUT2D eigenvalue weighted by atomic mass is 10.2. The van der Waals surface area contributed by atoms with Gasteiger partial charge in [-0.05, 0) is 72.8 Å². The summed E-state index contributed by atoms with van der Waals surface area (Å²) in [5.74, 6) is 1.15. The van der Waals surface area contributed by atoms with Crippen molar-refractivity contribution < 1.29 is 9.21 Å². The second-order valence-electron chi connectivity index (χ2n) is 6.60. The summed E-state index contributed by atoms with van der Waals surface area (Å²) in [6.45, 7) is 0. The van der Waals surface area contributed by atoms with E-state index in [0.717, 1.165) is 11.3 Å². The molecule has 0 fully saturated rings. The first-order valence-electron chi connectivity index (χ1n) is 9.72. The molecule has 0 aliphatic carbocycles. The van der Waals surface area contributed by atoms with Gasteiger partial charge in [0, 0.05) is 27.5 Å². The van der Waals surface area contributed by atoms with Crippen molar-refractivity contribution >= 4 is 53.2 Å². The third-order valence-corrected chi connectivity index (χ3v) is 5.74. The predicted molar refractivity (Wildman–Crippen MR) is 132 cm³/mol. The first-order chi connectivity index (χ1) is 16.1. The van der Waals surface area contributed by atoms with Crippen LogP contribution in [0.25, 0.3) is 23.2 Å². The van der Waals surface area contributed by atoms with Crippen LogP contribution in [0, 0.1) is 0 Å². The number of nitrogens with zero attached hydrogens (tertiary/aromatic N) is 4. The minimum Gasteiger partial charge on any atom is -0.465 e. The maximum atomic E-state index is 12.2. The molecular formula is C23H17Cl2N5O2S. The Morgan fingerprint density at radius 2 is 1.79 bits per heavy atom. The number of benzene rings is 2. The molecule has 0 saturated carbocycles. The molecule has 1 amide bonds. The van der Waals surface area contributed by atoms with Gasteiger partial charge in [-0.1, -0.05) is 35.0 Å². The van der Waals surface area contributed by atoms with Crippen molar-refractivity contribution in [2.75, 3.05) is 5.75 Å². The zero-order chi connectivity index (χ0) is 23.0. The number of amides is 1. The number of hydrogen-bond acceptors (Lipinski definition) is 6. The van der Waals surface area contributed by atoms with Crippen molar-refractivity contribution in [3.05, 3.63) is 88.8 Å². The Morgan fingerprint density at radius 3 is 2.48 bits per heavy atom. The third kappa shape index (κ3) is 6.13. The standard InChI is InChI=1S/C23H17Cl2N5O2S/c24-17-7-5-16(6-8-17)22-28-29-23(30(22)19-11-9-18(25)10-12-19)33-15-21(31)27-26-13-1-3-20-4-2-14-32-20/h1-14H,15H2,(H,27,31)/b3-1+,26-13-. The highest BCUT2D eigenvalue weighted by Crippen LogP contribution is 2.29. The second kappa shape index (κ2) is 11.0. The SMILES string of the molecule is O=C(CSc1nnc(-c2ccc(Cl)cc2)n1-c1ccc(Cl)cc1)N/N=C\C=C\c1ccco1. The van der Waals surface area contributed by atoms with Gasteiger partial charge in [0.2, 0.25) is 0 Å². The number of thioether (sulfide) groups is 1. The van der Waals surface area contributed by atoms with E-state index in [-0.39, 0.29) is 11.7 Å². The number of furan rings is 1. The molecule has 0 saturated heterocycles. The van der Waals surface area contributed by atoms with E-state index >= 15 is 0 Å². The van der Waals surface area contributed by atoms with Crippen molar-refractivity contribution in [2.45, 2.75) is 5.16 Å². The van der Waals surface area contributed by atoms with Crippen LogP contribution in [0.2, 0.25) is 10.0 Å². The van der Waals surface area contributed by atoms with E-state index in [1.807, 2.05) is 34.9 Å². The number of carbonyl (C=O) groups excluding carboxylic acids is 1. The summed E-state index contributed by atoms with van der Waals surface area (Å²) in [5, 5.41) is 14.3. The lowest BCUT2D eigenvalue weighted by molar-refractivity contribution is -0.118. The van der Waals surface area contributed by atoms with Crippen LogP contribution >= 0.6 is 35.0 Å². The molecule has 2 aromatic heterocycles. The number of carbonyl (C=O) groups is 1. The van der Waals surface area contributed by atoms with Crippen molar-refractivity contribution in [1.82, 2.24) is 20.2 Å². The Morgan fingerprint density at radius 1 is 1.06 bits per heavy atom. The average Bonchev–Trinajstić information content (AvgIpc) is 3.49. The molecule has 4 aromatic rings. The van der Waals surface area contributed by atoms with E-state index in [9.17, 15) is 4.79 Å². The zero-order valence-electron chi connectivity index (χ0n) is 17.1. The smallest absolute Gasteiger partial charge is 0.250 e. The summed E-state index contributed by atoms with van der Waals surface area (Å²) in [6.07, 6.45) is 6.45. The van der Waals surface area contributed by atoms with Crippen LogP contribution in [0.3, 0.4) is 0 Å². The van der Waals surface area contributed by atoms with Crippen molar-refractivity contribution in [3.63, 3.8) is 0 Å². The molecule has 4 rings (SSSR count). The summed E-state index contributed by atoms with van der Waals surface area (Å²) < 4.78 is 7.04. The molecule has 33 heavy (non-hydrogen) atoms. The minimum atomic E-state index is -0.277. The van der Waals surface area contributed by atoms with Gasteiger partial charge >= 0.3 is 0 Å². The van der Waals surface area contributed by atoms with Gasteiger partial charge in [0.05, 0.1) is 12.0 Å². The monoisotopic (exact) mass is 497 g/mol. The van der Waals surface area contributed by atoms with Crippen molar-refractivity contribution in [1.29, 1.82) is 0 Å². The van der Waals surface area contributed by atoms with Crippen LogP contribution in [0.1, 0.15) is 5.76 Å². The Bertz CT molecular complexity index is 1270. The van der Waals surface area contributed by atoms with E-state index in [1.54, 1.807) is 48.7 Å². The molecule has 0 aliphatic heterocycles. The van der Waals surface area contributed by atoms with Crippen LogP contribution in [-0.2, 0) is 4.79 Å². The van der Waals surface area contributed by atoms with Crippen molar-refractivity contribution in [3.8, 4) is 17.1 Å². The highest BCUT2D eigenvalue weighted by Gasteiger charge is 2.17. The highest BCUT2D eigenvalue weighted by atomic mass is 35.5. The van der Waals surface area contributed by atoms with Crippen LogP contribution in [0.4, 0.5) is 0 Å². The minimum absolute atomic E-state index is 0.103. The molecule has 0 atom stereocenters. The first-order valence-corrected chi connectivity index (χ1v) is 11.5. The fourth-order valence-electron chi connectivity index (χ4n) is 2.81.